The van der Waals surface area contributed by atoms with Crippen LogP contribution in [0.3, 0.4) is 0 Å². The van der Waals surface area contributed by atoms with Gasteiger partial charge in [-0.1, -0.05) is 6.07 Å². The average Bonchev–Trinajstić information content (AvgIpc) is 2.35. The Morgan fingerprint density at radius 3 is 3.06 bits per heavy atom. The number of hydrogen-bond donors (Lipinski definition) is 2. The molecule has 2 N–H and O–H groups in total. The van der Waals surface area contributed by atoms with Crippen molar-refractivity contribution in [2.75, 3.05) is 18.4 Å². The molecule has 98 valence electrons. The van der Waals surface area contributed by atoms with Crippen LogP contribution in [0.4, 0.5) is 10.1 Å². The number of para-hydroxylation sites is 1. The van der Waals surface area contributed by atoms with E-state index >= 15 is 0 Å². The van der Waals surface area contributed by atoms with Crippen molar-refractivity contribution in [3.05, 3.63) is 28.5 Å². The Balaban J connectivity index is 1.94. The van der Waals surface area contributed by atoms with Crippen LogP contribution in [0.1, 0.15) is 19.3 Å². The number of nitrogens with one attached hydrogen (secondary N) is 2. The summed E-state index contributed by atoms with van der Waals surface area (Å²) in [5.41, 5.74) is 0.228. The van der Waals surface area contributed by atoms with Gasteiger partial charge in [-0.05, 0) is 59.9 Å². The number of piperidine rings is 1. The highest BCUT2D eigenvalue weighted by Gasteiger charge is 2.18. The third-order valence-corrected chi connectivity index (χ3v) is 3.76. The topological polar surface area (TPSA) is 41.1 Å². The summed E-state index contributed by atoms with van der Waals surface area (Å²) in [5, 5.41) is 5.90. The monoisotopic (exact) mass is 314 g/mol. The van der Waals surface area contributed by atoms with E-state index in [9.17, 15) is 9.18 Å². The quantitative estimate of drug-likeness (QED) is 0.900. The Morgan fingerprint density at radius 2 is 2.39 bits per heavy atom. The van der Waals surface area contributed by atoms with Gasteiger partial charge in [-0.25, -0.2) is 4.39 Å². The molecule has 1 amide bonds. The fourth-order valence-electron chi connectivity index (χ4n) is 2.17. The van der Waals surface area contributed by atoms with Gasteiger partial charge in [0.1, 0.15) is 5.82 Å². The largest absolute Gasteiger partial charge is 0.323 e. The number of hydrogen-bond acceptors (Lipinski definition) is 2. The Hall–Kier alpha value is -0.940. The van der Waals surface area contributed by atoms with Crippen molar-refractivity contribution >= 4 is 27.5 Å². The molecule has 0 aromatic heterocycles. The summed E-state index contributed by atoms with van der Waals surface area (Å²) in [6, 6.07) is 4.64. The molecule has 0 radical (unpaired) electrons. The molecule has 1 atom stereocenters. The molecule has 1 saturated heterocycles. The van der Waals surface area contributed by atoms with Crippen LogP contribution in [0.25, 0.3) is 0 Å². The second-order valence-electron chi connectivity index (χ2n) is 4.56. The van der Waals surface area contributed by atoms with Crippen LogP contribution in [-0.2, 0) is 4.79 Å². The summed E-state index contributed by atoms with van der Waals surface area (Å²) in [5.74, 6) is -0.196. The third-order valence-electron chi connectivity index (χ3n) is 3.10. The first kappa shape index (κ1) is 13.5. The van der Waals surface area contributed by atoms with Gasteiger partial charge in [-0.3, -0.25) is 4.79 Å². The van der Waals surface area contributed by atoms with E-state index in [4.69, 9.17) is 0 Å². The second kappa shape index (κ2) is 6.29. The first-order valence-corrected chi connectivity index (χ1v) is 6.90. The van der Waals surface area contributed by atoms with Crippen LogP contribution in [0, 0.1) is 11.7 Å². The maximum absolute atomic E-state index is 13.5. The maximum Gasteiger partial charge on any atom is 0.224 e. The fraction of sp³-hybridized carbons (Fsp3) is 0.462. The smallest absolute Gasteiger partial charge is 0.224 e. The van der Waals surface area contributed by atoms with Crippen LogP contribution in [0.15, 0.2) is 22.7 Å². The molecule has 1 aromatic rings. The zero-order chi connectivity index (χ0) is 13.0. The molecule has 1 unspecified atom stereocenters. The molecular weight excluding hydrogens is 299 g/mol. The highest BCUT2D eigenvalue weighted by atomic mass is 79.9. The van der Waals surface area contributed by atoms with E-state index < -0.39 is 5.82 Å². The summed E-state index contributed by atoms with van der Waals surface area (Å²) < 4.78 is 14.1. The molecule has 0 saturated carbocycles. The van der Waals surface area contributed by atoms with Gasteiger partial charge in [0.05, 0.1) is 5.69 Å². The van der Waals surface area contributed by atoms with Gasteiger partial charge in [0.2, 0.25) is 5.91 Å². The summed E-state index contributed by atoms with van der Waals surface area (Å²) in [4.78, 5) is 11.9. The molecule has 1 aliphatic heterocycles. The molecule has 3 nitrogen and oxygen atoms in total. The predicted molar refractivity (Wildman–Crippen MR) is 72.9 cm³/mol. The zero-order valence-electron chi connectivity index (χ0n) is 10.0. The lowest BCUT2D eigenvalue weighted by Crippen LogP contribution is -2.32. The van der Waals surface area contributed by atoms with Crippen LogP contribution < -0.4 is 10.6 Å². The van der Waals surface area contributed by atoms with Crippen molar-refractivity contribution < 1.29 is 9.18 Å². The minimum absolute atomic E-state index is 0.130. The van der Waals surface area contributed by atoms with Gasteiger partial charge in [0.15, 0.2) is 0 Å². The first-order valence-electron chi connectivity index (χ1n) is 6.11. The van der Waals surface area contributed by atoms with E-state index in [1.54, 1.807) is 12.1 Å². The van der Waals surface area contributed by atoms with Gasteiger partial charge in [-0.2, -0.15) is 0 Å². The molecule has 1 heterocycles. The van der Waals surface area contributed by atoms with Gasteiger partial charge in [-0.15, -0.1) is 0 Å². The van der Waals surface area contributed by atoms with E-state index in [0.717, 1.165) is 25.9 Å². The molecule has 0 spiro atoms. The molecular formula is C13H16BrFN2O. The molecule has 1 aliphatic rings. The van der Waals surface area contributed by atoms with E-state index in [0.29, 0.717) is 16.8 Å². The zero-order valence-corrected chi connectivity index (χ0v) is 11.6. The standard InChI is InChI=1S/C13H16BrFN2O/c14-10-4-1-5-11(15)13(10)17-12(18)7-9-3-2-6-16-8-9/h1,4-5,9,16H,2-3,6-8H2,(H,17,18). The van der Waals surface area contributed by atoms with Crippen molar-refractivity contribution in [2.24, 2.45) is 5.92 Å². The lowest BCUT2D eigenvalue weighted by atomic mass is 9.96. The molecule has 2 rings (SSSR count). The summed E-state index contributed by atoms with van der Waals surface area (Å²) in [7, 11) is 0. The average molecular weight is 315 g/mol. The SMILES string of the molecule is O=C(CC1CCCNC1)Nc1c(F)cccc1Br. The molecule has 0 bridgehead atoms. The predicted octanol–water partition coefficient (Wildman–Crippen LogP) is 2.92. The highest BCUT2D eigenvalue weighted by molar-refractivity contribution is 9.10. The minimum Gasteiger partial charge on any atom is -0.323 e. The number of carbonyl (C=O) groups excluding carboxylic acids is 1. The van der Waals surface area contributed by atoms with Crippen molar-refractivity contribution in [1.29, 1.82) is 0 Å². The molecule has 0 aliphatic carbocycles. The highest BCUT2D eigenvalue weighted by Crippen LogP contribution is 2.25. The Labute approximate surface area is 114 Å². The van der Waals surface area contributed by atoms with Crippen molar-refractivity contribution in [3.63, 3.8) is 0 Å². The van der Waals surface area contributed by atoms with Gasteiger partial charge >= 0.3 is 0 Å². The van der Waals surface area contributed by atoms with Gasteiger partial charge in [0, 0.05) is 10.9 Å². The van der Waals surface area contributed by atoms with Crippen LogP contribution in [0.2, 0.25) is 0 Å². The van der Waals surface area contributed by atoms with E-state index in [1.807, 2.05) is 0 Å². The third kappa shape index (κ3) is 3.53. The Kier molecular flexibility index (Phi) is 4.72. The van der Waals surface area contributed by atoms with Crippen LogP contribution in [-0.4, -0.2) is 19.0 Å². The molecule has 1 aromatic carbocycles. The van der Waals surface area contributed by atoms with Gasteiger partial charge in [0.25, 0.3) is 0 Å². The van der Waals surface area contributed by atoms with E-state index in [1.165, 1.54) is 6.07 Å². The summed E-state index contributed by atoms with van der Waals surface area (Å²) in [6.45, 7) is 1.89. The summed E-state index contributed by atoms with van der Waals surface area (Å²) in [6.07, 6.45) is 2.59. The van der Waals surface area contributed by atoms with Crippen LogP contribution >= 0.6 is 15.9 Å². The molecule has 1 fully saturated rings. The lowest BCUT2D eigenvalue weighted by molar-refractivity contribution is -0.117. The number of benzene rings is 1. The number of carbonyl (C=O) groups is 1. The minimum atomic E-state index is -0.417. The van der Waals surface area contributed by atoms with Crippen LogP contribution in [0.5, 0.6) is 0 Å². The normalized spacial score (nSPS) is 19.6. The lowest BCUT2D eigenvalue weighted by Gasteiger charge is -2.22. The second-order valence-corrected chi connectivity index (χ2v) is 5.42. The maximum atomic E-state index is 13.5. The van der Waals surface area contributed by atoms with E-state index in [-0.39, 0.29) is 11.6 Å². The Bertz CT molecular complexity index is 413. The van der Waals surface area contributed by atoms with Crippen molar-refractivity contribution in [2.45, 2.75) is 19.3 Å². The molecule has 5 heteroatoms. The van der Waals surface area contributed by atoms with Gasteiger partial charge < -0.3 is 10.6 Å². The van der Waals surface area contributed by atoms with Crippen molar-refractivity contribution in [3.8, 4) is 0 Å². The Morgan fingerprint density at radius 1 is 1.56 bits per heavy atom. The fourth-order valence-corrected chi connectivity index (χ4v) is 2.61. The summed E-state index contributed by atoms with van der Waals surface area (Å²) >= 11 is 3.23. The first-order chi connectivity index (χ1) is 8.66. The van der Waals surface area contributed by atoms with E-state index in [2.05, 4.69) is 26.6 Å². The number of halogens is 2. The molecule has 18 heavy (non-hydrogen) atoms. The number of anilines is 1. The van der Waals surface area contributed by atoms with Crippen molar-refractivity contribution in [1.82, 2.24) is 5.32 Å². The number of rotatable bonds is 3. The number of amides is 1.